The van der Waals surface area contributed by atoms with Crippen LogP contribution in [0.1, 0.15) is 10.4 Å². The van der Waals surface area contributed by atoms with Crippen LogP contribution in [0.25, 0.3) is 10.2 Å². The molecule has 0 saturated heterocycles. The van der Waals surface area contributed by atoms with Crippen LogP contribution in [-0.4, -0.2) is 26.1 Å². The number of carbonyl (C=O) groups is 1. The van der Waals surface area contributed by atoms with E-state index in [2.05, 4.69) is 16.9 Å². The Bertz CT molecular complexity index is 1240. The zero-order chi connectivity index (χ0) is 22.0. The second-order valence-corrected chi connectivity index (χ2v) is 8.88. The minimum absolute atomic E-state index is 0.0140. The first kappa shape index (κ1) is 22.0. The number of thiophene rings is 1. The molecule has 0 bridgehead atoms. The van der Waals surface area contributed by atoms with E-state index in [0.717, 1.165) is 22.2 Å². The van der Waals surface area contributed by atoms with Crippen LogP contribution < -0.4 is 10.9 Å². The third-order valence-corrected chi connectivity index (χ3v) is 6.72. The molecule has 1 N–H and O–H groups in total. The van der Waals surface area contributed by atoms with Gasteiger partial charge < -0.3 is 5.32 Å². The summed E-state index contributed by atoms with van der Waals surface area (Å²) in [5, 5.41) is 14.6. The Hall–Kier alpha value is -2.69. The fraction of sp³-hybridized carbons (Fsp3) is 0.211. The van der Waals surface area contributed by atoms with Gasteiger partial charge in [0.05, 0.1) is 16.1 Å². The molecule has 0 aliphatic rings. The highest BCUT2D eigenvalue weighted by atomic mass is 35.5. The molecule has 3 aromatic rings. The van der Waals surface area contributed by atoms with Gasteiger partial charge in [-0.3, -0.25) is 24.3 Å². The van der Waals surface area contributed by atoms with Crippen LogP contribution in [-0.2, 0) is 11.3 Å². The van der Waals surface area contributed by atoms with Gasteiger partial charge in [0.15, 0.2) is 5.16 Å². The van der Waals surface area contributed by atoms with Gasteiger partial charge >= 0.3 is 0 Å². The van der Waals surface area contributed by atoms with Crippen molar-refractivity contribution in [1.29, 1.82) is 0 Å². The van der Waals surface area contributed by atoms with Crippen molar-refractivity contribution in [2.75, 3.05) is 11.1 Å². The molecule has 0 fully saturated rings. The Morgan fingerprint density at radius 1 is 1.47 bits per heavy atom. The molecule has 1 amide bonds. The Kier molecular flexibility index (Phi) is 6.59. The highest BCUT2D eigenvalue weighted by Gasteiger charge is 2.18. The molecule has 3 rings (SSSR count). The lowest BCUT2D eigenvalue weighted by molar-refractivity contribution is -0.384. The van der Waals surface area contributed by atoms with Crippen LogP contribution in [0.3, 0.4) is 0 Å². The fourth-order valence-electron chi connectivity index (χ4n) is 2.77. The number of hydrogen-bond acceptors (Lipinski definition) is 7. The van der Waals surface area contributed by atoms with Gasteiger partial charge in [0.25, 0.3) is 11.2 Å². The molecule has 0 saturated carbocycles. The number of carbonyl (C=O) groups excluding carboxylic acids is 1. The molecular formula is C19H17ClN4O4S2. The number of allylic oxidation sites excluding steroid dienone is 1. The molecule has 0 aliphatic heterocycles. The summed E-state index contributed by atoms with van der Waals surface area (Å²) >= 11 is 8.33. The molecule has 2 aromatic heterocycles. The quantitative estimate of drug-likeness (QED) is 0.181. The summed E-state index contributed by atoms with van der Waals surface area (Å²) < 4.78 is 1.49. The van der Waals surface area contributed by atoms with Crippen molar-refractivity contribution in [2.45, 2.75) is 25.5 Å². The number of nitro benzene ring substituents is 1. The van der Waals surface area contributed by atoms with E-state index in [1.807, 2.05) is 13.8 Å². The number of amides is 1. The third-order valence-electron chi connectivity index (χ3n) is 4.32. The van der Waals surface area contributed by atoms with Crippen LogP contribution in [0, 0.1) is 24.0 Å². The Labute approximate surface area is 184 Å². The molecular weight excluding hydrogens is 448 g/mol. The molecule has 0 spiro atoms. The van der Waals surface area contributed by atoms with Crippen molar-refractivity contribution in [3.8, 4) is 0 Å². The van der Waals surface area contributed by atoms with Gasteiger partial charge in [-0.1, -0.05) is 29.4 Å². The van der Waals surface area contributed by atoms with E-state index in [9.17, 15) is 19.7 Å². The number of fused-ring (bicyclic) bond motifs is 1. The van der Waals surface area contributed by atoms with Gasteiger partial charge in [0.2, 0.25) is 5.91 Å². The molecule has 8 nitrogen and oxygen atoms in total. The second-order valence-electron chi connectivity index (χ2n) is 6.32. The summed E-state index contributed by atoms with van der Waals surface area (Å²) in [7, 11) is 0. The maximum absolute atomic E-state index is 12.9. The van der Waals surface area contributed by atoms with Gasteiger partial charge in [-0.2, -0.15) is 0 Å². The van der Waals surface area contributed by atoms with Gasteiger partial charge in [-0.25, -0.2) is 4.98 Å². The largest absolute Gasteiger partial charge is 0.325 e. The maximum atomic E-state index is 12.9. The van der Waals surface area contributed by atoms with Crippen LogP contribution >= 0.6 is 34.7 Å². The van der Waals surface area contributed by atoms with Gasteiger partial charge in [0, 0.05) is 23.2 Å². The molecule has 11 heteroatoms. The van der Waals surface area contributed by atoms with E-state index in [1.54, 1.807) is 6.08 Å². The molecule has 1 aromatic carbocycles. The number of nitrogens with zero attached hydrogens (tertiary/aromatic N) is 3. The van der Waals surface area contributed by atoms with Crippen LogP contribution in [0.15, 0.2) is 40.8 Å². The van der Waals surface area contributed by atoms with Crippen molar-refractivity contribution in [3.63, 3.8) is 0 Å². The number of nitro groups is 1. The number of thioether (sulfide) groups is 1. The highest BCUT2D eigenvalue weighted by Crippen LogP contribution is 2.29. The Morgan fingerprint density at radius 2 is 2.20 bits per heavy atom. The number of aromatic nitrogens is 2. The monoisotopic (exact) mass is 464 g/mol. The minimum atomic E-state index is -0.620. The second kappa shape index (κ2) is 8.99. The summed E-state index contributed by atoms with van der Waals surface area (Å²) in [6.45, 7) is 7.78. The Balaban J connectivity index is 1.83. The van der Waals surface area contributed by atoms with E-state index >= 15 is 0 Å². The average Bonchev–Trinajstić information content (AvgIpc) is 2.98. The molecule has 30 heavy (non-hydrogen) atoms. The number of anilines is 1. The van der Waals surface area contributed by atoms with Crippen molar-refractivity contribution in [3.05, 3.63) is 66.8 Å². The highest BCUT2D eigenvalue weighted by molar-refractivity contribution is 7.99. The summed E-state index contributed by atoms with van der Waals surface area (Å²) in [6.07, 6.45) is 1.60. The molecule has 2 heterocycles. The lowest BCUT2D eigenvalue weighted by Gasteiger charge is -2.10. The van der Waals surface area contributed by atoms with Crippen molar-refractivity contribution in [2.24, 2.45) is 0 Å². The SMILES string of the molecule is C=CCn1c(SCC(=O)Nc2ccc(Cl)c([N+](=O)[O-])c2)nc2sc(C)c(C)c2c1=O. The first-order valence-electron chi connectivity index (χ1n) is 8.71. The van der Waals surface area contributed by atoms with E-state index in [1.165, 1.54) is 34.1 Å². The van der Waals surface area contributed by atoms with E-state index in [-0.39, 0.29) is 34.3 Å². The van der Waals surface area contributed by atoms with E-state index in [4.69, 9.17) is 11.6 Å². The van der Waals surface area contributed by atoms with Crippen molar-refractivity contribution < 1.29 is 9.72 Å². The predicted octanol–water partition coefficient (Wildman–Crippen LogP) is 4.55. The normalized spacial score (nSPS) is 10.9. The lowest BCUT2D eigenvalue weighted by Crippen LogP contribution is -2.23. The number of aryl methyl sites for hydroxylation is 2. The number of hydrogen-bond donors (Lipinski definition) is 1. The van der Waals surface area contributed by atoms with Crippen LogP contribution in [0.5, 0.6) is 0 Å². The first-order valence-corrected chi connectivity index (χ1v) is 10.9. The smallest absolute Gasteiger partial charge is 0.289 e. The zero-order valence-corrected chi connectivity index (χ0v) is 18.5. The summed E-state index contributed by atoms with van der Waals surface area (Å²) in [5.41, 5.74) is 0.701. The predicted molar refractivity (Wildman–Crippen MR) is 121 cm³/mol. The van der Waals surface area contributed by atoms with Crippen LogP contribution in [0.2, 0.25) is 5.02 Å². The van der Waals surface area contributed by atoms with Gasteiger partial charge in [0.1, 0.15) is 9.85 Å². The molecule has 0 atom stereocenters. The molecule has 0 unspecified atom stereocenters. The maximum Gasteiger partial charge on any atom is 0.289 e. The number of benzene rings is 1. The zero-order valence-electron chi connectivity index (χ0n) is 16.1. The molecule has 0 aliphatic carbocycles. The standard InChI is InChI=1S/C19H17ClN4O4S2/c1-4-7-23-18(26)16-10(2)11(3)30-17(16)22-19(23)29-9-15(25)21-12-5-6-13(20)14(8-12)24(27)28/h4-6,8H,1,7,9H2,2-3H3,(H,21,25). The summed E-state index contributed by atoms with van der Waals surface area (Å²) in [5.74, 6) is -0.427. The van der Waals surface area contributed by atoms with Crippen molar-refractivity contribution >= 4 is 62.2 Å². The fourth-order valence-corrected chi connectivity index (χ4v) is 4.83. The summed E-state index contributed by atoms with van der Waals surface area (Å²) in [6, 6.07) is 4.02. The summed E-state index contributed by atoms with van der Waals surface area (Å²) in [4.78, 5) is 41.9. The molecule has 156 valence electrons. The minimum Gasteiger partial charge on any atom is -0.325 e. The van der Waals surface area contributed by atoms with E-state index in [0.29, 0.717) is 15.4 Å². The number of nitrogens with one attached hydrogen (secondary N) is 1. The van der Waals surface area contributed by atoms with Gasteiger partial charge in [-0.05, 0) is 31.5 Å². The topological polar surface area (TPSA) is 107 Å². The number of halogens is 1. The van der Waals surface area contributed by atoms with Crippen molar-refractivity contribution in [1.82, 2.24) is 9.55 Å². The first-order chi connectivity index (χ1) is 14.2. The van der Waals surface area contributed by atoms with Gasteiger partial charge in [-0.15, -0.1) is 17.9 Å². The number of rotatable bonds is 7. The Morgan fingerprint density at radius 3 is 2.87 bits per heavy atom. The lowest BCUT2D eigenvalue weighted by atomic mass is 10.2. The van der Waals surface area contributed by atoms with Crippen LogP contribution in [0.4, 0.5) is 11.4 Å². The average molecular weight is 465 g/mol. The third kappa shape index (κ3) is 4.40. The molecule has 0 radical (unpaired) electrons. The van der Waals surface area contributed by atoms with E-state index < -0.39 is 10.8 Å².